The number of aromatic nitrogens is 7. The molecule has 0 aromatic carbocycles. The zero-order valence-electron chi connectivity index (χ0n) is 13.7. The molecule has 0 saturated carbocycles. The third-order valence-corrected chi connectivity index (χ3v) is 3.85. The average molecular weight is 337 g/mol. The van der Waals surface area contributed by atoms with Crippen molar-refractivity contribution in [2.24, 2.45) is 7.05 Å². The van der Waals surface area contributed by atoms with E-state index < -0.39 is 5.97 Å². The molecule has 0 amide bonds. The maximum atomic E-state index is 11.9. The summed E-state index contributed by atoms with van der Waals surface area (Å²) in [6, 6.07) is 5.29. The molecule has 0 aliphatic heterocycles. The van der Waals surface area contributed by atoms with Gasteiger partial charge >= 0.3 is 5.97 Å². The normalized spacial score (nSPS) is 11.1. The summed E-state index contributed by atoms with van der Waals surface area (Å²) in [5, 5.41) is 8.27. The van der Waals surface area contributed by atoms with E-state index in [4.69, 9.17) is 4.74 Å². The van der Waals surface area contributed by atoms with Crippen LogP contribution in [0.5, 0.6) is 0 Å². The minimum atomic E-state index is -0.410. The van der Waals surface area contributed by atoms with Gasteiger partial charge in [-0.1, -0.05) is 11.3 Å². The number of imidazole rings is 2. The van der Waals surface area contributed by atoms with Crippen LogP contribution in [0.15, 0.2) is 43.0 Å². The predicted octanol–water partition coefficient (Wildman–Crippen LogP) is 1.16. The maximum Gasteiger partial charge on any atom is 0.355 e. The number of hydrogen-bond donors (Lipinski definition) is 0. The largest absolute Gasteiger partial charge is 0.464 e. The van der Waals surface area contributed by atoms with Gasteiger partial charge < -0.3 is 9.30 Å². The first-order valence-electron chi connectivity index (χ1n) is 7.59. The van der Waals surface area contributed by atoms with Gasteiger partial charge in [0.25, 0.3) is 0 Å². The monoisotopic (exact) mass is 337 g/mol. The molecule has 126 valence electrons. The molecule has 0 bridgehead atoms. The molecular weight excluding hydrogens is 322 g/mol. The molecule has 4 aromatic heterocycles. The van der Waals surface area contributed by atoms with Crippen molar-refractivity contribution in [2.45, 2.75) is 6.54 Å². The SMILES string of the molecule is COC(=O)c1cccc2nc(Cn3cc(-c4nccn4C)nn3)cn12. The lowest BCUT2D eigenvalue weighted by Gasteiger charge is -2.01. The zero-order valence-corrected chi connectivity index (χ0v) is 13.7. The van der Waals surface area contributed by atoms with Gasteiger partial charge in [-0.15, -0.1) is 5.10 Å². The maximum absolute atomic E-state index is 11.9. The number of rotatable bonds is 4. The van der Waals surface area contributed by atoms with Crippen LogP contribution in [0.1, 0.15) is 16.2 Å². The number of aryl methyl sites for hydroxylation is 1. The third-order valence-electron chi connectivity index (χ3n) is 3.85. The fourth-order valence-corrected chi connectivity index (χ4v) is 2.66. The summed E-state index contributed by atoms with van der Waals surface area (Å²) in [4.78, 5) is 20.6. The standard InChI is InChI=1S/C16H15N7O2/c1-21-7-6-17-15(21)12-10-22(20-19-12)8-11-9-23-13(16(24)25-2)4-3-5-14(23)18-11/h3-7,9-10H,8H2,1-2H3. The molecule has 0 radical (unpaired) electrons. The lowest BCUT2D eigenvalue weighted by molar-refractivity contribution is 0.0592. The number of carbonyl (C=O) groups excluding carboxylic acids is 1. The molecule has 9 nitrogen and oxygen atoms in total. The van der Waals surface area contributed by atoms with Gasteiger partial charge in [0.1, 0.15) is 17.0 Å². The van der Waals surface area contributed by atoms with Crippen LogP contribution in [0.4, 0.5) is 0 Å². The minimum Gasteiger partial charge on any atom is -0.464 e. The second kappa shape index (κ2) is 5.86. The van der Waals surface area contributed by atoms with Crippen LogP contribution in [0, 0.1) is 0 Å². The summed E-state index contributed by atoms with van der Waals surface area (Å²) in [7, 11) is 3.26. The Morgan fingerprint density at radius 3 is 2.92 bits per heavy atom. The highest BCUT2D eigenvalue weighted by Gasteiger charge is 2.13. The second-order valence-electron chi connectivity index (χ2n) is 5.53. The first-order chi connectivity index (χ1) is 12.2. The Labute approximate surface area is 142 Å². The van der Waals surface area contributed by atoms with Crippen LogP contribution in [-0.2, 0) is 18.3 Å². The molecule has 4 aromatic rings. The van der Waals surface area contributed by atoms with Crippen LogP contribution in [0.3, 0.4) is 0 Å². The Bertz CT molecular complexity index is 1060. The molecule has 0 saturated heterocycles. The van der Waals surface area contributed by atoms with Gasteiger partial charge in [-0.05, 0) is 12.1 Å². The number of carbonyl (C=O) groups is 1. The number of nitrogens with zero attached hydrogens (tertiary/aromatic N) is 7. The summed E-state index contributed by atoms with van der Waals surface area (Å²) in [5.41, 5.74) is 2.53. The first-order valence-corrected chi connectivity index (χ1v) is 7.59. The van der Waals surface area contributed by atoms with E-state index in [1.54, 1.807) is 33.6 Å². The van der Waals surface area contributed by atoms with Crippen molar-refractivity contribution in [2.75, 3.05) is 7.11 Å². The van der Waals surface area contributed by atoms with E-state index >= 15 is 0 Å². The van der Waals surface area contributed by atoms with Crippen molar-refractivity contribution in [3.63, 3.8) is 0 Å². The molecule has 0 aliphatic rings. The Kier molecular flexibility index (Phi) is 3.53. The highest BCUT2D eigenvalue weighted by molar-refractivity contribution is 5.88. The highest BCUT2D eigenvalue weighted by Crippen LogP contribution is 2.14. The van der Waals surface area contributed by atoms with E-state index in [1.807, 2.05) is 30.1 Å². The topological polar surface area (TPSA) is 92.1 Å². The lowest BCUT2D eigenvalue weighted by atomic mass is 10.3. The zero-order chi connectivity index (χ0) is 17.4. The predicted molar refractivity (Wildman–Crippen MR) is 87.9 cm³/mol. The van der Waals surface area contributed by atoms with Gasteiger partial charge in [-0.3, -0.25) is 4.40 Å². The Morgan fingerprint density at radius 2 is 2.16 bits per heavy atom. The lowest BCUT2D eigenvalue weighted by Crippen LogP contribution is -2.07. The van der Waals surface area contributed by atoms with E-state index in [0.717, 1.165) is 11.5 Å². The average Bonchev–Trinajstić information content (AvgIpc) is 3.33. The van der Waals surface area contributed by atoms with Gasteiger partial charge in [0.2, 0.25) is 0 Å². The van der Waals surface area contributed by atoms with Crippen molar-refractivity contribution in [1.82, 2.24) is 33.9 Å². The molecular formula is C16H15N7O2. The Morgan fingerprint density at radius 1 is 1.28 bits per heavy atom. The fraction of sp³-hybridized carbons (Fsp3) is 0.188. The molecule has 0 atom stereocenters. The third kappa shape index (κ3) is 2.65. The summed E-state index contributed by atoms with van der Waals surface area (Å²) in [6.45, 7) is 0.430. The fourth-order valence-electron chi connectivity index (χ4n) is 2.66. The van der Waals surface area contributed by atoms with Crippen LogP contribution < -0.4 is 0 Å². The van der Waals surface area contributed by atoms with Crippen molar-refractivity contribution in [3.05, 3.63) is 54.4 Å². The van der Waals surface area contributed by atoms with Gasteiger partial charge in [0, 0.05) is 25.6 Å². The van der Waals surface area contributed by atoms with Gasteiger partial charge in [0.15, 0.2) is 5.82 Å². The minimum absolute atomic E-state index is 0.410. The van der Waals surface area contributed by atoms with Gasteiger partial charge in [-0.2, -0.15) is 0 Å². The molecule has 0 spiro atoms. The number of esters is 1. The van der Waals surface area contributed by atoms with Crippen molar-refractivity contribution in [3.8, 4) is 11.5 Å². The van der Waals surface area contributed by atoms with Crippen molar-refractivity contribution in [1.29, 1.82) is 0 Å². The van der Waals surface area contributed by atoms with E-state index in [2.05, 4.69) is 20.3 Å². The van der Waals surface area contributed by atoms with Gasteiger partial charge in [-0.25, -0.2) is 19.4 Å². The number of hydrogen-bond acceptors (Lipinski definition) is 6. The number of methoxy groups -OCH3 is 1. The summed E-state index contributed by atoms with van der Waals surface area (Å²) >= 11 is 0. The molecule has 9 heteroatoms. The molecule has 25 heavy (non-hydrogen) atoms. The molecule has 4 heterocycles. The van der Waals surface area contributed by atoms with Crippen LogP contribution in [-0.4, -0.2) is 47.0 Å². The second-order valence-corrected chi connectivity index (χ2v) is 5.53. The number of ether oxygens (including phenoxy) is 1. The Hall–Kier alpha value is -3.49. The van der Waals surface area contributed by atoms with E-state index in [-0.39, 0.29) is 0 Å². The molecule has 0 unspecified atom stereocenters. The summed E-state index contributed by atoms with van der Waals surface area (Å²) in [6.07, 6.45) is 7.17. The summed E-state index contributed by atoms with van der Waals surface area (Å²) < 4.78 is 10.1. The quantitative estimate of drug-likeness (QED) is 0.519. The molecule has 0 fully saturated rings. The number of fused-ring (bicyclic) bond motifs is 1. The van der Waals surface area contributed by atoms with E-state index in [9.17, 15) is 4.79 Å². The number of pyridine rings is 1. The van der Waals surface area contributed by atoms with Crippen LogP contribution in [0.2, 0.25) is 0 Å². The summed E-state index contributed by atoms with van der Waals surface area (Å²) in [5.74, 6) is 0.335. The smallest absolute Gasteiger partial charge is 0.355 e. The molecule has 4 rings (SSSR count). The van der Waals surface area contributed by atoms with Crippen LogP contribution >= 0.6 is 0 Å². The molecule has 0 N–H and O–H groups in total. The van der Waals surface area contributed by atoms with Crippen molar-refractivity contribution >= 4 is 11.6 Å². The van der Waals surface area contributed by atoms with Crippen molar-refractivity contribution < 1.29 is 9.53 Å². The Balaban J connectivity index is 1.64. The molecule has 0 aliphatic carbocycles. The first kappa shape index (κ1) is 15.1. The van der Waals surface area contributed by atoms with Gasteiger partial charge in [0.05, 0.1) is 25.5 Å². The van der Waals surface area contributed by atoms with E-state index in [1.165, 1.54) is 7.11 Å². The van der Waals surface area contributed by atoms with Crippen LogP contribution in [0.25, 0.3) is 17.2 Å². The highest BCUT2D eigenvalue weighted by atomic mass is 16.5. The van der Waals surface area contributed by atoms with E-state index in [0.29, 0.717) is 23.6 Å².